The van der Waals surface area contributed by atoms with Crippen LogP contribution < -0.4 is 4.90 Å². The summed E-state index contributed by atoms with van der Waals surface area (Å²) in [7, 11) is 0. The van der Waals surface area contributed by atoms with Gasteiger partial charge >= 0.3 is 0 Å². The van der Waals surface area contributed by atoms with Crippen LogP contribution in [0, 0.1) is 5.92 Å². The standard InChI is InChI=1S/C16H20BrN3O/c17-14-6-7-15(18-12-14)19-8-10-20(11-9-19)16(21)13-4-2-1-3-5-13/h1-2,6-7,12-13H,3-5,8-11H2/t13-/m0/s1. The van der Waals surface area contributed by atoms with Crippen molar-refractivity contribution in [1.29, 1.82) is 0 Å². The number of carbonyl (C=O) groups excluding carboxylic acids is 1. The average Bonchev–Trinajstić information content (AvgIpc) is 2.56. The molecule has 1 aliphatic heterocycles. The van der Waals surface area contributed by atoms with Crippen molar-refractivity contribution in [2.24, 2.45) is 5.92 Å². The molecule has 1 aromatic heterocycles. The number of carbonyl (C=O) groups is 1. The minimum atomic E-state index is 0.201. The van der Waals surface area contributed by atoms with Crippen LogP contribution in [0.15, 0.2) is 35.0 Å². The molecule has 1 fully saturated rings. The van der Waals surface area contributed by atoms with Gasteiger partial charge < -0.3 is 9.80 Å². The van der Waals surface area contributed by atoms with Crippen molar-refractivity contribution in [3.05, 3.63) is 35.0 Å². The molecule has 1 amide bonds. The third-order valence-electron chi connectivity index (χ3n) is 4.25. The molecule has 0 saturated carbocycles. The molecule has 1 saturated heterocycles. The second-order valence-corrected chi connectivity index (χ2v) is 6.54. The number of hydrogen-bond acceptors (Lipinski definition) is 3. The lowest BCUT2D eigenvalue weighted by Crippen LogP contribution is -2.50. The Morgan fingerprint density at radius 2 is 2.00 bits per heavy atom. The van der Waals surface area contributed by atoms with E-state index in [4.69, 9.17) is 0 Å². The molecule has 0 aromatic carbocycles. The van der Waals surface area contributed by atoms with Crippen LogP contribution in [0.2, 0.25) is 0 Å². The van der Waals surface area contributed by atoms with Gasteiger partial charge in [0.2, 0.25) is 5.91 Å². The molecule has 0 radical (unpaired) electrons. The first-order valence-corrected chi connectivity index (χ1v) is 8.33. The van der Waals surface area contributed by atoms with Gasteiger partial charge in [0.25, 0.3) is 0 Å². The van der Waals surface area contributed by atoms with Crippen LogP contribution in [0.3, 0.4) is 0 Å². The van der Waals surface area contributed by atoms with Gasteiger partial charge in [0.15, 0.2) is 0 Å². The highest BCUT2D eigenvalue weighted by molar-refractivity contribution is 9.10. The lowest BCUT2D eigenvalue weighted by molar-refractivity contribution is -0.136. The quantitative estimate of drug-likeness (QED) is 0.770. The number of anilines is 1. The number of pyridine rings is 1. The number of amides is 1. The highest BCUT2D eigenvalue weighted by Crippen LogP contribution is 2.22. The Morgan fingerprint density at radius 3 is 2.62 bits per heavy atom. The SMILES string of the molecule is O=C([C@H]1CC=CCC1)N1CCN(c2ccc(Br)cn2)CC1. The second-order valence-electron chi connectivity index (χ2n) is 5.63. The van der Waals surface area contributed by atoms with Gasteiger partial charge in [-0.2, -0.15) is 0 Å². The molecule has 4 nitrogen and oxygen atoms in total. The Balaban J connectivity index is 1.56. The topological polar surface area (TPSA) is 36.4 Å². The van der Waals surface area contributed by atoms with Crippen molar-refractivity contribution < 1.29 is 4.79 Å². The lowest BCUT2D eigenvalue weighted by Gasteiger charge is -2.37. The first-order valence-electron chi connectivity index (χ1n) is 7.54. The molecule has 3 rings (SSSR count). The zero-order chi connectivity index (χ0) is 14.7. The lowest BCUT2D eigenvalue weighted by atomic mass is 9.93. The van der Waals surface area contributed by atoms with Gasteiger partial charge in [0, 0.05) is 42.8 Å². The molecule has 2 aliphatic rings. The van der Waals surface area contributed by atoms with E-state index in [-0.39, 0.29) is 5.92 Å². The van der Waals surface area contributed by atoms with Gasteiger partial charge in [-0.3, -0.25) is 4.79 Å². The normalized spacial score (nSPS) is 22.4. The Kier molecular flexibility index (Phi) is 4.58. The summed E-state index contributed by atoms with van der Waals surface area (Å²) in [5.74, 6) is 1.53. The second kappa shape index (κ2) is 6.60. The third kappa shape index (κ3) is 3.46. The fourth-order valence-corrected chi connectivity index (χ4v) is 3.22. The molecule has 112 valence electrons. The van der Waals surface area contributed by atoms with Crippen LogP contribution in [-0.4, -0.2) is 42.0 Å². The molecule has 1 atom stereocenters. The van der Waals surface area contributed by atoms with E-state index in [9.17, 15) is 4.79 Å². The molecule has 1 aliphatic carbocycles. The summed E-state index contributed by atoms with van der Waals surface area (Å²) in [5, 5.41) is 0. The maximum absolute atomic E-state index is 12.5. The molecule has 0 spiro atoms. The van der Waals surface area contributed by atoms with Crippen molar-refractivity contribution in [1.82, 2.24) is 9.88 Å². The maximum Gasteiger partial charge on any atom is 0.226 e. The van der Waals surface area contributed by atoms with E-state index in [1.165, 1.54) is 0 Å². The Labute approximate surface area is 134 Å². The average molecular weight is 350 g/mol. The zero-order valence-corrected chi connectivity index (χ0v) is 13.6. The largest absolute Gasteiger partial charge is 0.353 e. The maximum atomic E-state index is 12.5. The van der Waals surface area contributed by atoms with E-state index in [0.29, 0.717) is 5.91 Å². The highest BCUT2D eigenvalue weighted by Gasteiger charge is 2.27. The summed E-state index contributed by atoms with van der Waals surface area (Å²) in [6.07, 6.45) is 9.10. The predicted molar refractivity (Wildman–Crippen MR) is 87.2 cm³/mol. The molecular formula is C16H20BrN3O. The summed E-state index contributed by atoms with van der Waals surface area (Å²) in [6.45, 7) is 3.33. The molecule has 1 aromatic rings. The summed E-state index contributed by atoms with van der Waals surface area (Å²) in [5.41, 5.74) is 0. The van der Waals surface area contributed by atoms with Crippen molar-refractivity contribution >= 4 is 27.7 Å². The number of piperazine rings is 1. The van der Waals surface area contributed by atoms with E-state index >= 15 is 0 Å². The van der Waals surface area contributed by atoms with E-state index in [1.54, 1.807) is 0 Å². The molecule has 0 unspecified atom stereocenters. The van der Waals surface area contributed by atoms with Crippen molar-refractivity contribution in [2.45, 2.75) is 19.3 Å². The summed E-state index contributed by atoms with van der Waals surface area (Å²) in [4.78, 5) is 21.2. The molecule has 0 N–H and O–H groups in total. The smallest absolute Gasteiger partial charge is 0.226 e. The number of aromatic nitrogens is 1. The number of allylic oxidation sites excluding steroid dienone is 2. The van der Waals surface area contributed by atoms with Crippen molar-refractivity contribution in [3.8, 4) is 0 Å². The molecular weight excluding hydrogens is 330 g/mol. The number of nitrogens with zero attached hydrogens (tertiary/aromatic N) is 3. The zero-order valence-electron chi connectivity index (χ0n) is 12.0. The van der Waals surface area contributed by atoms with E-state index in [1.807, 2.05) is 23.2 Å². The molecule has 5 heteroatoms. The first kappa shape index (κ1) is 14.6. The van der Waals surface area contributed by atoms with Gasteiger partial charge in [-0.1, -0.05) is 12.2 Å². The van der Waals surface area contributed by atoms with Gasteiger partial charge in [0.05, 0.1) is 0 Å². The molecule has 21 heavy (non-hydrogen) atoms. The van der Waals surface area contributed by atoms with Crippen LogP contribution in [0.4, 0.5) is 5.82 Å². The number of rotatable bonds is 2. The Morgan fingerprint density at radius 1 is 1.19 bits per heavy atom. The summed E-state index contributed by atoms with van der Waals surface area (Å²) < 4.78 is 0.991. The Bertz CT molecular complexity index is 521. The van der Waals surface area contributed by atoms with Crippen LogP contribution in [0.5, 0.6) is 0 Å². The Hall–Kier alpha value is -1.36. The van der Waals surface area contributed by atoms with E-state index in [0.717, 1.165) is 55.7 Å². The van der Waals surface area contributed by atoms with Gasteiger partial charge in [-0.15, -0.1) is 0 Å². The van der Waals surface area contributed by atoms with E-state index in [2.05, 4.69) is 38.0 Å². The summed E-state index contributed by atoms with van der Waals surface area (Å²) >= 11 is 3.40. The summed E-state index contributed by atoms with van der Waals surface area (Å²) in [6, 6.07) is 4.03. The monoisotopic (exact) mass is 349 g/mol. The number of hydrogen-bond donors (Lipinski definition) is 0. The van der Waals surface area contributed by atoms with Gasteiger partial charge in [-0.25, -0.2) is 4.98 Å². The highest BCUT2D eigenvalue weighted by atomic mass is 79.9. The van der Waals surface area contributed by atoms with Crippen molar-refractivity contribution in [2.75, 3.05) is 31.1 Å². The fourth-order valence-electron chi connectivity index (χ4n) is 2.99. The van der Waals surface area contributed by atoms with Crippen LogP contribution in [-0.2, 0) is 4.79 Å². The number of halogens is 1. The molecule has 0 bridgehead atoms. The first-order chi connectivity index (χ1) is 10.2. The molecule has 2 heterocycles. The van der Waals surface area contributed by atoms with Crippen LogP contribution in [0.25, 0.3) is 0 Å². The minimum Gasteiger partial charge on any atom is -0.353 e. The van der Waals surface area contributed by atoms with Crippen LogP contribution in [0.1, 0.15) is 19.3 Å². The van der Waals surface area contributed by atoms with E-state index < -0.39 is 0 Å². The van der Waals surface area contributed by atoms with Crippen molar-refractivity contribution in [3.63, 3.8) is 0 Å². The van der Waals surface area contributed by atoms with Crippen LogP contribution >= 0.6 is 15.9 Å². The van der Waals surface area contributed by atoms with Gasteiger partial charge in [0.1, 0.15) is 5.82 Å². The minimum absolute atomic E-state index is 0.201. The predicted octanol–water partition coefficient (Wildman–Crippen LogP) is 2.85. The third-order valence-corrected chi connectivity index (χ3v) is 4.71. The fraction of sp³-hybridized carbons (Fsp3) is 0.500. The van der Waals surface area contributed by atoms with Gasteiger partial charge in [-0.05, 0) is 47.3 Å².